The minimum absolute atomic E-state index is 0.0140. The molecule has 2 aromatic rings. The van der Waals surface area contributed by atoms with E-state index in [4.69, 9.17) is 34.8 Å². The molecule has 2 atom stereocenters. The highest BCUT2D eigenvalue weighted by atomic mass is 35.5. The summed E-state index contributed by atoms with van der Waals surface area (Å²) in [5.41, 5.74) is 1.91. The Kier molecular flexibility index (Phi) is 8.35. The third kappa shape index (κ3) is 6.44. The molecule has 0 aromatic heterocycles. The van der Waals surface area contributed by atoms with Crippen LogP contribution in [0.15, 0.2) is 42.5 Å². The number of benzene rings is 2. The molecule has 5 rings (SSSR count). The SMILES string of the molecule is CN(C(=O)Cc1ccc(Cl)cc1)[C@H]1CN(C(=O)C2CCN(CC3CC3)CC2)C[C@@H]1c1ccc(Cl)c(Cl)c1. The van der Waals surface area contributed by atoms with Crippen LogP contribution in [0.1, 0.15) is 42.7 Å². The topological polar surface area (TPSA) is 43.9 Å². The molecule has 0 spiro atoms. The number of carbonyl (C=O) groups is 2. The zero-order valence-corrected chi connectivity index (χ0v) is 23.5. The fourth-order valence-corrected chi connectivity index (χ4v) is 6.23. The lowest BCUT2D eigenvalue weighted by Crippen LogP contribution is -2.45. The van der Waals surface area contributed by atoms with Gasteiger partial charge in [-0.1, -0.05) is 53.0 Å². The average Bonchev–Trinajstić information content (AvgIpc) is 3.60. The Morgan fingerprint density at radius 2 is 1.62 bits per heavy atom. The van der Waals surface area contributed by atoms with Crippen LogP contribution in [-0.2, 0) is 16.0 Å². The second-order valence-electron chi connectivity index (χ2n) is 10.9. The van der Waals surface area contributed by atoms with E-state index in [1.54, 1.807) is 18.2 Å². The lowest BCUT2D eigenvalue weighted by molar-refractivity contribution is -0.137. The number of nitrogens with zero attached hydrogens (tertiary/aromatic N) is 3. The zero-order valence-electron chi connectivity index (χ0n) is 21.2. The van der Waals surface area contributed by atoms with E-state index in [0.717, 1.165) is 43.0 Å². The Hall–Kier alpha value is -1.79. The van der Waals surface area contributed by atoms with Crippen molar-refractivity contribution in [2.24, 2.45) is 11.8 Å². The van der Waals surface area contributed by atoms with Gasteiger partial charge in [0.25, 0.3) is 0 Å². The second-order valence-corrected chi connectivity index (χ2v) is 12.2. The van der Waals surface area contributed by atoms with E-state index in [1.165, 1.54) is 19.4 Å². The fraction of sp³-hybridized carbons (Fsp3) is 0.517. The molecule has 2 amide bonds. The molecule has 198 valence electrons. The van der Waals surface area contributed by atoms with Crippen molar-refractivity contribution in [1.82, 2.24) is 14.7 Å². The quantitative estimate of drug-likeness (QED) is 0.431. The van der Waals surface area contributed by atoms with E-state index in [0.29, 0.717) is 28.2 Å². The summed E-state index contributed by atoms with van der Waals surface area (Å²) in [7, 11) is 1.85. The van der Waals surface area contributed by atoms with Crippen LogP contribution in [0.5, 0.6) is 0 Å². The van der Waals surface area contributed by atoms with Crippen molar-refractivity contribution in [3.8, 4) is 0 Å². The van der Waals surface area contributed by atoms with Crippen LogP contribution < -0.4 is 0 Å². The third-order valence-corrected chi connectivity index (χ3v) is 9.27. The Labute approximate surface area is 234 Å². The molecule has 37 heavy (non-hydrogen) atoms. The summed E-state index contributed by atoms with van der Waals surface area (Å²) >= 11 is 18.6. The first-order chi connectivity index (χ1) is 17.8. The molecule has 0 N–H and O–H groups in total. The van der Waals surface area contributed by atoms with E-state index in [-0.39, 0.29) is 36.1 Å². The van der Waals surface area contributed by atoms with Crippen molar-refractivity contribution in [2.75, 3.05) is 39.8 Å². The van der Waals surface area contributed by atoms with Gasteiger partial charge < -0.3 is 14.7 Å². The smallest absolute Gasteiger partial charge is 0.227 e. The minimum atomic E-state index is -0.143. The molecule has 0 unspecified atom stereocenters. The molecule has 0 bridgehead atoms. The zero-order chi connectivity index (χ0) is 26.1. The highest BCUT2D eigenvalue weighted by Gasteiger charge is 2.42. The third-order valence-electron chi connectivity index (χ3n) is 8.28. The summed E-state index contributed by atoms with van der Waals surface area (Å²) in [5, 5.41) is 1.63. The van der Waals surface area contributed by atoms with Gasteiger partial charge in [0, 0.05) is 43.5 Å². The van der Waals surface area contributed by atoms with Gasteiger partial charge in [0.15, 0.2) is 0 Å². The molecular formula is C29H34Cl3N3O2. The molecule has 2 heterocycles. The van der Waals surface area contributed by atoms with E-state index in [2.05, 4.69) is 4.90 Å². The predicted molar refractivity (Wildman–Crippen MR) is 149 cm³/mol. The monoisotopic (exact) mass is 561 g/mol. The normalized spacial score (nSPS) is 22.9. The van der Waals surface area contributed by atoms with Gasteiger partial charge in [0.05, 0.1) is 22.5 Å². The predicted octanol–water partition coefficient (Wildman–Crippen LogP) is 5.76. The summed E-state index contributed by atoms with van der Waals surface area (Å²) in [6.07, 6.45) is 4.82. The number of likely N-dealkylation sites (tertiary alicyclic amines) is 2. The molecule has 1 saturated carbocycles. The molecule has 2 aliphatic heterocycles. The Morgan fingerprint density at radius 1 is 0.919 bits per heavy atom. The van der Waals surface area contributed by atoms with E-state index >= 15 is 0 Å². The molecule has 2 aromatic carbocycles. The first-order valence-electron chi connectivity index (χ1n) is 13.2. The summed E-state index contributed by atoms with van der Waals surface area (Å²) in [4.78, 5) is 33.3. The largest absolute Gasteiger partial charge is 0.340 e. The summed E-state index contributed by atoms with van der Waals surface area (Å²) in [6.45, 7) is 4.28. The van der Waals surface area contributed by atoms with Crippen molar-refractivity contribution in [3.63, 3.8) is 0 Å². The van der Waals surface area contributed by atoms with Gasteiger partial charge in [-0.25, -0.2) is 0 Å². The van der Waals surface area contributed by atoms with E-state index < -0.39 is 0 Å². The highest BCUT2D eigenvalue weighted by Crippen LogP contribution is 2.36. The lowest BCUT2D eigenvalue weighted by Gasteiger charge is -2.33. The van der Waals surface area contributed by atoms with Crippen molar-refractivity contribution < 1.29 is 9.59 Å². The summed E-state index contributed by atoms with van der Waals surface area (Å²) in [6, 6.07) is 12.9. The molecule has 1 aliphatic carbocycles. The highest BCUT2D eigenvalue weighted by molar-refractivity contribution is 6.42. The van der Waals surface area contributed by atoms with Crippen LogP contribution in [-0.4, -0.2) is 72.3 Å². The maximum Gasteiger partial charge on any atom is 0.227 e. The summed E-state index contributed by atoms with van der Waals surface area (Å²) in [5.74, 6) is 1.13. The number of rotatable bonds is 7. The van der Waals surface area contributed by atoms with Gasteiger partial charge in [0.2, 0.25) is 11.8 Å². The maximum absolute atomic E-state index is 13.6. The van der Waals surface area contributed by atoms with Gasteiger partial charge >= 0.3 is 0 Å². The first kappa shape index (κ1) is 26.8. The van der Waals surface area contributed by atoms with Crippen molar-refractivity contribution >= 4 is 46.6 Å². The van der Waals surface area contributed by atoms with Gasteiger partial charge in [-0.15, -0.1) is 0 Å². The van der Waals surface area contributed by atoms with Crippen LogP contribution in [0.4, 0.5) is 0 Å². The molecule has 2 saturated heterocycles. The van der Waals surface area contributed by atoms with Crippen molar-refractivity contribution in [3.05, 3.63) is 68.7 Å². The minimum Gasteiger partial charge on any atom is -0.340 e. The molecule has 3 aliphatic rings. The Bertz CT molecular complexity index is 1130. The van der Waals surface area contributed by atoms with Gasteiger partial charge in [-0.05, 0) is 80.1 Å². The van der Waals surface area contributed by atoms with Crippen LogP contribution in [0.2, 0.25) is 15.1 Å². The molecule has 5 nitrogen and oxygen atoms in total. The number of likely N-dealkylation sites (N-methyl/N-ethyl adjacent to an activating group) is 1. The first-order valence-corrected chi connectivity index (χ1v) is 14.4. The van der Waals surface area contributed by atoms with Gasteiger partial charge in [-0.2, -0.15) is 0 Å². The van der Waals surface area contributed by atoms with Crippen LogP contribution in [0.25, 0.3) is 0 Å². The number of amides is 2. The van der Waals surface area contributed by atoms with E-state index in [9.17, 15) is 9.59 Å². The number of carbonyl (C=O) groups excluding carboxylic acids is 2. The number of halogens is 3. The van der Waals surface area contributed by atoms with Gasteiger partial charge in [-0.3, -0.25) is 9.59 Å². The number of piperidine rings is 1. The molecule has 8 heteroatoms. The van der Waals surface area contributed by atoms with Crippen molar-refractivity contribution in [2.45, 2.75) is 44.1 Å². The second kappa shape index (κ2) is 11.5. The number of hydrogen-bond acceptors (Lipinski definition) is 3. The number of hydrogen-bond donors (Lipinski definition) is 0. The van der Waals surface area contributed by atoms with Crippen molar-refractivity contribution in [1.29, 1.82) is 0 Å². The van der Waals surface area contributed by atoms with E-state index in [1.807, 2.05) is 41.1 Å². The van der Waals surface area contributed by atoms with Crippen LogP contribution >= 0.6 is 34.8 Å². The fourth-order valence-electron chi connectivity index (χ4n) is 5.80. The lowest BCUT2D eigenvalue weighted by atomic mass is 9.93. The van der Waals surface area contributed by atoms with Crippen LogP contribution in [0.3, 0.4) is 0 Å². The maximum atomic E-state index is 13.6. The molecular weight excluding hydrogens is 529 g/mol. The van der Waals surface area contributed by atoms with Gasteiger partial charge in [0.1, 0.15) is 0 Å². The average molecular weight is 563 g/mol. The summed E-state index contributed by atoms with van der Waals surface area (Å²) < 4.78 is 0. The molecule has 0 radical (unpaired) electrons. The van der Waals surface area contributed by atoms with Crippen LogP contribution in [0, 0.1) is 11.8 Å². The standard InChI is InChI=1S/C29H34Cl3N3O2/c1-33(28(36)14-19-4-7-23(30)8-5-19)27-18-35(17-24(27)22-6-9-25(31)26(32)15-22)29(37)21-10-12-34(13-11-21)16-20-2-3-20/h4-9,15,20-21,24,27H,2-3,10-14,16-18H2,1H3/t24-,27+/m1/s1. The Balaban J connectivity index is 1.30. The molecule has 3 fully saturated rings. The Morgan fingerprint density at radius 3 is 2.27 bits per heavy atom.